The Balaban J connectivity index is 2.24. The van der Waals surface area contributed by atoms with Gasteiger partial charge in [0.15, 0.2) is 0 Å². The third-order valence-electron chi connectivity index (χ3n) is 2.93. The standard InChI is InChI=1S/C12H13NO3/c1-8-11(7-14)13(12(8)15)9-3-5-10(16-2)6-4-9/h3-8,11H,1-2H3/t8-,11+/m0/s1. The Labute approximate surface area is 93.8 Å². The second kappa shape index (κ2) is 3.96. The van der Waals surface area contributed by atoms with Gasteiger partial charge in [0, 0.05) is 5.69 Å². The van der Waals surface area contributed by atoms with E-state index in [9.17, 15) is 9.59 Å². The molecule has 1 aromatic carbocycles. The number of nitrogens with zero attached hydrogens (tertiary/aromatic N) is 1. The van der Waals surface area contributed by atoms with Crippen molar-refractivity contribution in [3.63, 3.8) is 0 Å². The monoisotopic (exact) mass is 219 g/mol. The van der Waals surface area contributed by atoms with Crippen molar-refractivity contribution in [1.29, 1.82) is 0 Å². The van der Waals surface area contributed by atoms with E-state index >= 15 is 0 Å². The summed E-state index contributed by atoms with van der Waals surface area (Å²) in [6, 6.07) is 6.76. The third-order valence-corrected chi connectivity index (χ3v) is 2.93. The highest BCUT2D eigenvalue weighted by molar-refractivity contribution is 6.07. The van der Waals surface area contributed by atoms with Crippen molar-refractivity contribution in [3.8, 4) is 5.75 Å². The summed E-state index contributed by atoms with van der Waals surface area (Å²) in [4.78, 5) is 24.0. The molecule has 4 nitrogen and oxygen atoms in total. The van der Waals surface area contributed by atoms with Crippen LogP contribution in [0.4, 0.5) is 5.69 Å². The molecule has 16 heavy (non-hydrogen) atoms. The van der Waals surface area contributed by atoms with Crippen LogP contribution in [0, 0.1) is 5.92 Å². The number of amides is 1. The predicted molar refractivity (Wildman–Crippen MR) is 59.5 cm³/mol. The van der Waals surface area contributed by atoms with Crippen LogP contribution in [-0.4, -0.2) is 25.3 Å². The van der Waals surface area contributed by atoms with Crippen molar-refractivity contribution in [2.45, 2.75) is 13.0 Å². The zero-order valence-electron chi connectivity index (χ0n) is 9.21. The Morgan fingerprint density at radius 1 is 1.31 bits per heavy atom. The zero-order chi connectivity index (χ0) is 11.7. The maximum Gasteiger partial charge on any atom is 0.233 e. The van der Waals surface area contributed by atoms with Crippen molar-refractivity contribution in [2.24, 2.45) is 5.92 Å². The minimum atomic E-state index is -0.333. The number of carbonyl (C=O) groups is 2. The number of β-lactam (4-membered cyclic amide) rings is 1. The van der Waals surface area contributed by atoms with Crippen LogP contribution in [0.25, 0.3) is 0 Å². The quantitative estimate of drug-likeness (QED) is 0.567. The van der Waals surface area contributed by atoms with Gasteiger partial charge in [-0.3, -0.25) is 4.79 Å². The molecule has 0 aromatic heterocycles. The van der Waals surface area contributed by atoms with Crippen molar-refractivity contribution < 1.29 is 14.3 Å². The van der Waals surface area contributed by atoms with E-state index in [2.05, 4.69) is 0 Å². The van der Waals surface area contributed by atoms with E-state index in [1.807, 2.05) is 0 Å². The Morgan fingerprint density at radius 3 is 2.44 bits per heavy atom. The molecule has 4 heteroatoms. The van der Waals surface area contributed by atoms with Gasteiger partial charge in [-0.2, -0.15) is 0 Å². The summed E-state index contributed by atoms with van der Waals surface area (Å²) in [5.74, 6) is 0.509. The molecule has 1 saturated heterocycles. The average molecular weight is 219 g/mol. The van der Waals surface area contributed by atoms with Crippen LogP contribution in [0.3, 0.4) is 0 Å². The van der Waals surface area contributed by atoms with Gasteiger partial charge in [-0.05, 0) is 24.3 Å². The Kier molecular flexibility index (Phi) is 2.64. The maximum atomic E-state index is 11.6. The molecule has 0 aliphatic carbocycles. The smallest absolute Gasteiger partial charge is 0.233 e. The average Bonchev–Trinajstić information content (AvgIpc) is 2.34. The molecule has 2 rings (SSSR count). The van der Waals surface area contributed by atoms with E-state index in [-0.39, 0.29) is 17.9 Å². The Hall–Kier alpha value is -1.84. The second-order valence-electron chi connectivity index (χ2n) is 3.82. The highest BCUT2D eigenvalue weighted by atomic mass is 16.5. The maximum absolute atomic E-state index is 11.6. The molecule has 1 aromatic rings. The minimum Gasteiger partial charge on any atom is -0.497 e. The number of ether oxygens (including phenoxy) is 1. The van der Waals surface area contributed by atoms with Crippen LogP contribution in [-0.2, 0) is 9.59 Å². The topological polar surface area (TPSA) is 46.6 Å². The van der Waals surface area contributed by atoms with Crippen molar-refractivity contribution in [3.05, 3.63) is 24.3 Å². The molecule has 1 aliphatic heterocycles. The van der Waals surface area contributed by atoms with E-state index in [0.717, 1.165) is 17.7 Å². The van der Waals surface area contributed by atoms with Gasteiger partial charge in [0.1, 0.15) is 18.1 Å². The van der Waals surface area contributed by atoms with E-state index in [1.54, 1.807) is 38.3 Å². The van der Waals surface area contributed by atoms with E-state index in [0.29, 0.717) is 0 Å². The number of methoxy groups -OCH3 is 1. The summed E-state index contributed by atoms with van der Waals surface area (Å²) >= 11 is 0. The lowest BCUT2D eigenvalue weighted by Crippen LogP contribution is -2.61. The molecule has 0 radical (unpaired) electrons. The number of aldehydes is 1. The van der Waals surface area contributed by atoms with Gasteiger partial charge in [0.25, 0.3) is 0 Å². The van der Waals surface area contributed by atoms with E-state index in [4.69, 9.17) is 4.74 Å². The highest BCUT2D eigenvalue weighted by Gasteiger charge is 2.44. The fraction of sp³-hybridized carbons (Fsp3) is 0.333. The number of hydrogen-bond acceptors (Lipinski definition) is 3. The van der Waals surface area contributed by atoms with Crippen LogP contribution >= 0.6 is 0 Å². The lowest BCUT2D eigenvalue weighted by Gasteiger charge is -2.42. The lowest BCUT2D eigenvalue weighted by molar-refractivity contribution is -0.133. The highest BCUT2D eigenvalue weighted by Crippen LogP contribution is 2.32. The number of rotatable bonds is 3. The fourth-order valence-electron chi connectivity index (χ4n) is 1.87. The SMILES string of the molecule is COc1ccc(N2C(=O)[C@@H](C)[C@H]2C=O)cc1. The second-order valence-corrected chi connectivity index (χ2v) is 3.82. The van der Waals surface area contributed by atoms with Gasteiger partial charge in [0.2, 0.25) is 5.91 Å². The van der Waals surface area contributed by atoms with Gasteiger partial charge < -0.3 is 14.4 Å². The lowest BCUT2D eigenvalue weighted by atomic mass is 9.89. The van der Waals surface area contributed by atoms with Crippen LogP contribution in [0.2, 0.25) is 0 Å². The first-order valence-corrected chi connectivity index (χ1v) is 5.11. The molecule has 2 atom stereocenters. The fourth-order valence-corrected chi connectivity index (χ4v) is 1.87. The number of benzene rings is 1. The molecule has 0 N–H and O–H groups in total. The van der Waals surface area contributed by atoms with Gasteiger partial charge in [-0.25, -0.2) is 0 Å². The summed E-state index contributed by atoms with van der Waals surface area (Å²) in [6.07, 6.45) is 0.816. The Morgan fingerprint density at radius 2 is 1.94 bits per heavy atom. The normalized spacial score (nSPS) is 23.9. The first-order valence-electron chi connectivity index (χ1n) is 5.11. The van der Waals surface area contributed by atoms with Gasteiger partial charge in [0.05, 0.1) is 13.0 Å². The van der Waals surface area contributed by atoms with E-state index in [1.165, 1.54) is 4.90 Å². The Bertz CT molecular complexity index is 413. The number of anilines is 1. The molecule has 1 amide bonds. The van der Waals surface area contributed by atoms with E-state index < -0.39 is 0 Å². The zero-order valence-corrected chi connectivity index (χ0v) is 9.21. The molecular formula is C12H13NO3. The minimum absolute atomic E-state index is 0.0118. The van der Waals surface area contributed by atoms with Crippen molar-refractivity contribution >= 4 is 17.9 Å². The van der Waals surface area contributed by atoms with Crippen molar-refractivity contribution in [2.75, 3.05) is 12.0 Å². The van der Waals surface area contributed by atoms with Gasteiger partial charge >= 0.3 is 0 Å². The van der Waals surface area contributed by atoms with Crippen LogP contribution < -0.4 is 9.64 Å². The number of carbonyl (C=O) groups excluding carboxylic acids is 2. The van der Waals surface area contributed by atoms with Crippen LogP contribution in [0.15, 0.2) is 24.3 Å². The largest absolute Gasteiger partial charge is 0.497 e. The first kappa shape index (κ1) is 10.7. The molecule has 0 saturated carbocycles. The third kappa shape index (κ3) is 1.46. The predicted octanol–water partition coefficient (Wildman–Crippen LogP) is 1.25. The molecule has 0 bridgehead atoms. The number of hydrogen-bond donors (Lipinski definition) is 0. The van der Waals surface area contributed by atoms with Crippen LogP contribution in [0.1, 0.15) is 6.92 Å². The summed E-state index contributed by atoms with van der Waals surface area (Å²) in [5, 5.41) is 0. The van der Waals surface area contributed by atoms with Gasteiger partial charge in [-0.1, -0.05) is 6.92 Å². The van der Waals surface area contributed by atoms with Gasteiger partial charge in [-0.15, -0.1) is 0 Å². The van der Waals surface area contributed by atoms with Crippen molar-refractivity contribution in [1.82, 2.24) is 0 Å². The summed E-state index contributed by atoms with van der Waals surface area (Å²) < 4.78 is 5.03. The summed E-state index contributed by atoms with van der Waals surface area (Å²) in [7, 11) is 1.58. The molecule has 1 fully saturated rings. The molecule has 0 spiro atoms. The molecule has 0 unspecified atom stereocenters. The van der Waals surface area contributed by atoms with Crippen LogP contribution in [0.5, 0.6) is 5.75 Å². The first-order chi connectivity index (χ1) is 7.69. The summed E-state index contributed by atoms with van der Waals surface area (Å²) in [6.45, 7) is 1.77. The summed E-state index contributed by atoms with van der Waals surface area (Å²) in [5.41, 5.74) is 0.737. The molecular weight excluding hydrogens is 206 g/mol. The molecule has 1 aliphatic rings. The molecule has 84 valence electrons. The molecule has 1 heterocycles.